The summed E-state index contributed by atoms with van der Waals surface area (Å²) >= 11 is 3.69. The Kier molecular flexibility index (Phi) is 12.0. The minimum absolute atomic E-state index is 0.0501. The number of amides is 3. The second kappa shape index (κ2) is 15.5. The van der Waals surface area contributed by atoms with Crippen LogP contribution in [0.5, 0.6) is 0 Å². The number of unbranched alkanes of at least 4 members (excludes halogenated alkanes) is 2. The molecule has 1 spiro atoms. The van der Waals surface area contributed by atoms with Gasteiger partial charge in [-0.15, -0.1) is 13.2 Å². The average molecular weight is 689 g/mol. The number of benzene rings is 1. The summed E-state index contributed by atoms with van der Waals surface area (Å²) < 4.78 is 12.7. The Balaban J connectivity index is 1.65. The molecule has 246 valence electrons. The van der Waals surface area contributed by atoms with E-state index in [2.05, 4.69) is 41.3 Å². The second-order valence-corrected chi connectivity index (χ2v) is 13.4. The van der Waals surface area contributed by atoms with Crippen molar-refractivity contribution in [3.05, 3.63) is 61.2 Å². The Morgan fingerprint density at radius 1 is 1.24 bits per heavy atom. The van der Waals surface area contributed by atoms with E-state index in [1.165, 1.54) is 4.90 Å². The molecular formula is C34H46BrN3O7. The summed E-state index contributed by atoms with van der Waals surface area (Å²) in [7, 11) is 0. The first-order chi connectivity index (χ1) is 21.6. The molecule has 0 radical (unpaired) electrons. The second-order valence-electron chi connectivity index (χ2n) is 12.2. The molecule has 1 aromatic rings. The molecule has 2 bridgehead atoms. The van der Waals surface area contributed by atoms with E-state index >= 15 is 0 Å². The summed E-state index contributed by atoms with van der Waals surface area (Å²) in [6, 6.07) is 7.41. The fourth-order valence-electron chi connectivity index (χ4n) is 6.99. The fourth-order valence-corrected chi connectivity index (χ4v) is 7.94. The van der Waals surface area contributed by atoms with Crippen LogP contribution in [0.4, 0.5) is 0 Å². The maximum atomic E-state index is 14.3. The van der Waals surface area contributed by atoms with Crippen molar-refractivity contribution in [1.82, 2.24) is 15.1 Å². The maximum Gasteiger partial charge on any atom is 0.313 e. The summed E-state index contributed by atoms with van der Waals surface area (Å²) in [4.78, 5) is 58.0. The predicted octanol–water partition coefficient (Wildman–Crippen LogP) is 3.69. The zero-order chi connectivity index (χ0) is 32.7. The first-order valence-electron chi connectivity index (χ1n) is 15.9. The number of alkyl halides is 1. The predicted molar refractivity (Wildman–Crippen MR) is 173 cm³/mol. The van der Waals surface area contributed by atoms with Gasteiger partial charge in [0.25, 0.3) is 0 Å². The van der Waals surface area contributed by atoms with Gasteiger partial charge in [-0.1, -0.05) is 78.2 Å². The normalized spacial score (nSPS) is 27.9. The highest BCUT2D eigenvalue weighted by atomic mass is 79.9. The third-order valence-electron chi connectivity index (χ3n) is 9.15. The Labute approximate surface area is 274 Å². The van der Waals surface area contributed by atoms with E-state index in [0.29, 0.717) is 31.5 Å². The molecule has 3 fully saturated rings. The minimum atomic E-state index is -1.27. The van der Waals surface area contributed by atoms with Crippen LogP contribution in [0.3, 0.4) is 0 Å². The van der Waals surface area contributed by atoms with E-state index in [1.54, 1.807) is 24.0 Å². The Morgan fingerprint density at radius 3 is 2.62 bits per heavy atom. The molecule has 3 saturated heterocycles. The Morgan fingerprint density at radius 2 is 1.98 bits per heavy atom. The highest BCUT2D eigenvalue weighted by Crippen LogP contribution is 2.60. The number of halogens is 1. The van der Waals surface area contributed by atoms with Crippen molar-refractivity contribution >= 4 is 39.6 Å². The third-order valence-corrected chi connectivity index (χ3v) is 10.00. The lowest BCUT2D eigenvalue weighted by atomic mass is 9.70. The number of carbonyl (C=O) groups is 4. The third kappa shape index (κ3) is 7.05. The number of aliphatic hydroxyl groups excluding tert-OH is 1. The van der Waals surface area contributed by atoms with Crippen LogP contribution in [0.25, 0.3) is 0 Å². The molecule has 4 rings (SSSR count). The smallest absolute Gasteiger partial charge is 0.313 e. The van der Waals surface area contributed by atoms with Gasteiger partial charge in [-0.2, -0.15) is 0 Å². The van der Waals surface area contributed by atoms with Crippen LogP contribution in [0.2, 0.25) is 0 Å². The number of fused-ring (bicyclic) bond motifs is 1. The topological polar surface area (TPSA) is 125 Å². The number of nitrogens with zero attached hydrogens (tertiary/aromatic N) is 2. The molecule has 3 amide bonds. The summed E-state index contributed by atoms with van der Waals surface area (Å²) in [5, 5.41) is 13.0. The molecule has 3 aliphatic rings. The standard InChI is InChI=1S/C34H46BrN3O7/c1-5-8-13-18-37(17-7-3)32(42)30-34-19-24(35)29(45-34)27(28(34)31(41)38(30)22(4)21-39)33(43)44-25(23-14-11-10-12-15-23)20-36-26(40)16-9-6-2/h6-7,10-12,14-15,22,24-25,27-30,39H,2-3,5,8-9,13,16-21H2,1,4H3,(H,36,40)/t22-,24?,25-,27+,28-,29+,30+,34-/m1/s1. The Bertz CT molecular complexity index is 1250. The van der Waals surface area contributed by atoms with E-state index in [1.807, 2.05) is 30.3 Å². The van der Waals surface area contributed by atoms with Crippen molar-refractivity contribution < 1.29 is 33.8 Å². The SMILES string of the molecule is C=CCCC(=O)NC[C@@H](OC(=O)[C@@H]1[C@H]2O[C@@]3(CC2Br)[C@H](C(=O)N(CC=C)CCCCC)N([C@H](C)CO)C(=O)[C@@H]13)c1ccccc1. The minimum Gasteiger partial charge on any atom is -0.455 e. The number of hydrogen-bond acceptors (Lipinski definition) is 7. The first kappa shape index (κ1) is 34.8. The van der Waals surface area contributed by atoms with Crippen molar-refractivity contribution in [2.75, 3.05) is 26.2 Å². The number of hydrogen-bond donors (Lipinski definition) is 2. The van der Waals surface area contributed by atoms with E-state index in [9.17, 15) is 24.3 Å². The lowest BCUT2D eigenvalue weighted by Crippen LogP contribution is -2.58. The van der Waals surface area contributed by atoms with Gasteiger partial charge in [-0.05, 0) is 31.7 Å². The van der Waals surface area contributed by atoms with Crippen LogP contribution in [0.15, 0.2) is 55.6 Å². The van der Waals surface area contributed by atoms with Gasteiger partial charge in [0.2, 0.25) is 17.7 Å². The van der Waals surface area contributed by atoms with Crippen LogP contribution < -0.4 is 5.32 Å². The van der Waals surface area contributed by atoms with Crippen molar-refractivity contribution in [2.24, 2.45) is 11.8 Å². The van der Waals surface area contributed by atoms with Crippen LogP contribution in [-0.4, -0.2) is 93.5 Å². The molecule has 3 aliphatic heterocycles. The van der Waals surface area contributed by atoms with Crippen LogP contribution in [0, 0.1) is 11.8 Å². The lowest BCUT2D eigenvalue weighted by Gasteiger charge is -2.38. The van der Waals surface area contributed by atoms with Gasteiger partial charge in [0.05, 0.1) is 37.1 Å². The van der Waals surface area contributed by atoms with E-state index in [0.717, 1.165) is 19.3 Å². The van der Waals surface area contributed by atoms with Gasteiger partial charge in [-0.3, -0.25) is 19.2 Å². The van der Waals surface area contributed by atoms with Gasteiger partial charge >= 0.3 is 5.97 Å². The molecule has 11 heteroatoms. The van der Waals surface area contributed by atoms with Crippen molar-refractivity contribution in [3.8, 4) is 0 Å². The summed E-state index contributed by atoms with van der Waals surface area (Å²) in [5.41, 5.74) is -0.580. The number of carbonyl (C=O) groups excluding carboxylic acids is 4. The number of allylic oxidation sites excluding steroid dienone is 1. The quantitative estimate of drug-likeness (QED) is 0.111. The van der Waals surface area contributed by atoms with Gasteiger partial charge < -0.3 is 29.7 Å². The average Bonchev–Trinajstić information content (AvgIpc) is 3.64. The molecule has 1 unspecified atom stereocenters. The van der Waals surface area contributed by atoms with E-state index < -0.39 is 53.6 Å². The van der Waals surface area contributed by atoms with E-state index in [4.69, 9.17) is 9.47 Å². The molecule has 3 heterocycles. The van der Waals surface area contributed by atoms with Gasteiger partial charge in [0.1, 0.15) is 17.7 Å². The Hall–Kier alpha value is -3.02. The number of ether oxygens (including phenoxy) is 2. The number of rotatable bonds is 17. The summed E-state index contributed by atoms with van der Waals surface area (Å²) in [6.07, 6.45) is 5.69. The number of likely N-dealkylation sites (tertiary alicyclic amines) is 1. The monoisotopic (exact) mass is 687 g/mol. The highest BCUT2D eigenvalue weighted by molar-refractivity contribution is 9.09. The van der Waals surface area contributed by atoms with Gasteiger partial charge in [0.15, 0.2) is 0 Å². The zero-order valence-electron chi connectivity index (χ0n) is 26.2. The van der Waals surface area contributed by atoms with Crippen molar-refractivity contribution in [1.29, 1.82) is 0 Å². The van der Waals surface area contributed by atoms with E-state index in [-0.39, 0.29) is 36.2 Å². The molecule has 45 heavy (non-hydrogen) atoms. The van der Waals surface area contributed by atoms with Gasteiger partial charge in [-0.25, -0.2) is 0 Å². The molecular weight excluding hydrogens is 642 g/mol. The largest absolute Gasteiger partial charge is 0.455 e. The molecule has 0 saturated carbocycles. The molecule has 10 nitrogen and oxygen atoms in total. The summed E-state index contributed by atoms with van der Waals surface area (Å²) in [6.45, 7) is 11.8. The molecule has 8 atom stereocenters. The molecule has 2 N–H and O–H groups in total. The van der Waals surface area contributed by atoms with Crippen LogP contribution in [0.1, 0.15) is 64.0 Å². The number of nitrogens with one attached hydrogen (secondary N) is 1. The van der Waals surface area contributed by atoms with Crippen LogP contribution in [-0.2, 0) is 28.7 Å². The summed E-state index contributed by atoms with van der Waals surface area (Å²) in [5.74, 6) is -3.46. The zero-order valence-corrected chi connectivity index (χ0v) is 27.8. The van der Waals surface area contributed by atoms with Crippen molar-refractivity contribution in [3.63, 3.8) is 0 Å². The van der Waals surface area contributed by atoms with Crippen molar-refractivity contribution in [2.45, 2.75) is 87.1 Å². The number of esters is 1. The molecule has 0 aromatic heterocycles. The fraction of sp³-hybridized carbons (Fsp3) is 0.588. The maximum absolute atomic E-state index is 14.3. The molecule has 1 aromatic carbocycles. The first-order valence-corrected chi connectivity index (χ1v) is 16.8. The molecule has 0 aliphatic carbocycles. The number of aliphatic hydroxyl groups is 1. The van der Waals surface area contributed by atoms with Crippen LogP contribution >= 0.6 is 15.9 Å². The lowest BCUT2D eigenvalue weighted by molar-refractivity contribution is -0.161. The van der Waals surface area contributed by atoms with Gasteiger partial charge in [0, 0.05) is 24.3 Å². The highest BCUT2D eigenvalue weighted by Gasteiger charge is 2.77.